The predicted molar refractivity (Wildman–Crippen MR) is 145 cm³/mol. The molecule has 2 nitrogen and oxygen atoms in total. The van der Waals surface area contributed by atoms with E-state index >= 15 is 0 Å². The Morgan fingerprint density at radius 3 is 1.27 bits per heavy atom. The first-order valence-corrected chi connectivity index (χ1v) is 19.2. The van der Waals surface area contributed by atoms with Crippen LogP contribution >= 0.6 is 21.8 Å². The van der Waals surface area contributed by atoms with Crippen LogP contribution < -0.4 is 0 Å². The minimum absolute atomic E-state index is 0.252. The van der Waals surface area contributed by atoms with Crippen LogP contribution in [0.15, 0.2) is 12.2 Å². The molecule has 0 saturated heterocycles. The summed E-state index contributed by atoms with van der Waals surface area (Å²) >= 11 is 2.71. The average Bonchev–Trinajstić information content (AvgIpc) is 2.68. The second-order valence-corrected chi connectivity index (χ2v) is 22.4. The quantitative estimate of drug-likeness (QED) is 0.0335. The molecule has 0 amide bonds. The fourth-order valence-corrected chi connectivity index (χ4v) is 6.00. The lowest BCUT2D eigenvalue weighted by molar-refractivity contribution is -0.139. The van der Waals surface area contributed by atoms with Crippen LogP contribution in [0, 0.1) is 0 Å². The molecule has 178 valence electrons. The molecule has 0 radical (unpaired) electrons. The average molecular weight is 551 g/mol. The van der Waals surface area contributed by atoms with Gasteiger partial charge in [0.25, 0.3) is 0 Å². The van der Waals surface area contributed by atoms with Crippen LogP contribution in [0.25, 0.3) is 0 Å². The van der Waals surface area contributed by atoms with E-state index in [-0.39, 0.29) is 5.97 Å². The zero-order chi connectivity index (χ0) is 22.5. The lowest BCUT2D eigenvalue weighted by Gasteiger charge is -2.12. The smallest absolute Gasteiger partial charge is 0.333 e. The number of carbonyl (C=O) groups excluding carboxylic acids is 1. The Morgan fingerprint density at radius 2 is 0.967 bits per heavy atom. The molecule has 0 N–H and O–H groups in total. The Hall–Kier alpha value is 0.157. The van der Waals surface area contributed by atoms with Gasteiger partial charge in [-0.05, 0) is 19.4 Å². The summed E-state index contributed by atoms with van der Waals surface area (Å²) in [7, 11) is 0. The minimum Gasteiger partial charge on any atom is -0.462 e. The van der Waals surface area contributed by atoms with Crippen molar-refractivity contribution >= 4 is 33.3 Å². The second kappa shape index (κ2) is 21.0. The summed E-state index contributed by atoms with van der Waals surface area (Å²) in [5.41, 5.74) is -0.329. The molecule has 0 aromatic heterocycles. The van der Waals surface area contributed by atoms with Crippen molar-refractivity contribution in [1.29, 1.82) is 0 Å². The van der Waals surface area contributed by atoms with Crippen LogP contribution in [0.3, 0.4) is 0 Å². The summed E-state index contributed by atoms with van der Waals surface area (Å²) in [6, 6.07) is 1.50. The molecule has 0 atom stereocenters. The molecule has 0 bridgehead atoms. The molecule has 0 aliphatic heterocycles. The number of carbonyl (C=O) groups is 1. The van der Waals surface area contributed by atoms with Gasteiger partial charge < -0.3 is 4.74 Å². The molecule has 0 fully saturated rings. The van der Waals surface area contributed by atoms with E-state index in [0.29, 0.717) is 12.2 Å². The third-order valence-corrected chi connectivity index (χ3v) is 8.91. The maximum absolute atomic E-state index is 11.2. The first-order chi connectivity index (χ1) is 14.3. The van der Waals surface area contributed by atoms with Crippen molar-refractivity contribution in [1.82, 2.24) is 0 Å². The van der Waals surface area contributed by atoms with Gasteiger partial charge in [0.1, 0.15) is 5.57 Å². The highest BCUT2D eigenvalue weighted by Gasteiger charge is 2.14. The van der Waals surface area contributed by atoms with E-state index in [1.54, 1.807) is 6.92 Å². The van der Waals surface area contributed by atoms with Crippen LogP contribution in [0.1, 0.15) is 122 Å². The lowest BCUT2D eigenvalue weighted by Crippen LogP contribution is -2.13. The highest BCUT2D eigenvalue weighted by Crippen LogP contribution is 2.22. The Kier molecular flexibility index (Phi) is 21.1. The molecule has 0 aliphatic carbocycles. The van der Waals surface area contributed by atoms with Crippen molar-refractivity contribution in [2.75, 3.05) is 6.61 Å². The molecule has 0 unspecified atom stereocenters. The Bertz CT molecular complexity index is 418. The first kappa shape index (κ1) is 30.2. The SMILES string of the molecule is C=C(C)C(=O)OCCCCCCCCCCCCCCCCCCCC[Si](C)(C)I. The molecule has 4 heteroatoms. The van der Waals surface area contributed by atoms with E-state index in [9.17, 15) is 4.79 Å². The highest BCUT2D eigenvalue weighted by atomic mass is 127. The molecule has 0 spiro atoms. The van der Waals surface area contributed by atoms with Crippen LogP contribution in [-0.4, -0.2) is 18.1 Å². The topological polar surface area (TPSA) is 26.3 Å². The van der Waals surface area contributed by atoms with Gasteiger partial charge in [-0.15, -0.1) is 21.8 Å². The molecule has 0 aromatic rings. The largest absolute Gasteiger partial charge is 0.462 e. The summed E-state index contributed by atoms with van der Waals surface area (Å²) in [6.45, 7) is 10.8. The summed E-state index contributed by atoms with van der Waals surface area (Å²) in [5, 5.41) is 0. The fraction of sp³-hybridized carbons (Fsp3) is 0.885. The molecule has 0 saturated carbocycles. The third-order valence-electron chi connectivity index (χ3n) is 5.75. The molecule has 30 heavy (non-hydrogen) atoms. The van der Waals surface area contributed by atoms with Crippen molar-refractivity contribution in [3.63, 3.8) is 0 Å². The molecule has 0 aliphatic rings. The van der Waals surface area contributed by atoms with Crippen molar-refractivity contribution in [2.24, 2.45) is 0 Å². The second-order valence-electron chi connectivity index (χ2n) is 9.75. The van der Waals surface area contributed by atoms with Crippen LogP contribution in [0.4, 0.5) is 0 Å². The van der Waals surface area contributed by atoms with E-state index in [1.807, 2.05) is 0 Å². The van der Waals surface area contributed by atoms with Crippen LogP contribution in [0.5, 0.6) is 0 Å². The minimum atomic E-state index is -0.823. The lowest BCUT2D eigenvalue weighted by atomic mass is 10.0. The fourth-order valence-electron chi connectivity index (χ4n) is 3.76. The number of ether oxygens (including phenoxy) is 1. The standard InChI is InChI=1S/C26H51IO2Si/c1-25(2)26(28)29-23-21-19-17-15-13-11-9-7-5-6-8-10-12-14-16-18-20-22-24-30(3,4)27/h1,5-24H2,2-4H3. The van der Waals surface area contributed by atoms with Gasteiger partial charge in [0.05, 0.1) is 6.61 Å². The van der Waals surface area contributed by atoms with Gasteiger partial charge >= 0.3 is 5.97 Å². The number of unbranched alkanes of at least 4 members (excludes halogenated alkanes) is 17. The molecule has 0 heterocycles. The third kappa shape index (κ3) is 24.4. The summed E-state index contributed by atoms with van der Waals surface area (Å²) in [4.78, 5) is 11.2. The van der Waals surface area contributed by atoms with Crippen molar-refractivity contribution < 1.29 is 9.53 Å². The number of halogens is 1. The van der Waals surface area contributed by atoms with Gasteiger partial charge in [0.15, 0.2) is 0 Å². The van der Waals surface area contributed by atoms with Crippen LogP contribution in [-0.2, 0) is 9.53 Å². The van der Waals surface area contributed by atoms with E-state index < -0.39 is 5.57 Å². The van der Waals surface area contributed by atoms with Gasteiger partial charge in [-0.25, -0.2) is 4.79 Å². The summed E-state index contributed by atoms with van der Waals surface area (Å²) in [6.07, 6.45) is 24.9. The molecular weight excluding hydrogens is 499 g/mol. The van der Waals surface area contributed by atoms with Crippen molar-refractivity contribution in [2.45, 2.75) is 142 Å². The van der Waals surface area contributed by atoms with E-state index in [1.165, 1.54) is 115 Å². The molecule has 0 rings (SSSR count). The van der Waals surface area contributed by atoms with Gasteiger partial charge in [-0.3, -0.25) is 0 Å². The highest BCUT2D eigenvalue weighted by molar-refractivity contribution is 14.1. The Labute approximate surface area is 202 Å². The zero-order valence-electron chi connectivity index (χ0n) is 20.5. The Balaban J connectivity index is 3.10. The van der Waals surface area contributed by atoms with E-state index in [2.05, 4.69) is 41.5 Å². The maximum Gasteiger partial charge on any atom is 0.333 e. The summed E-state index contributed by atoms with van der Waals surface area (Å²) in [5.74, 6) is -0.252. The molecule has 0 aromatic carbocycles. The van der Waals surface area contributed by atoms with Gasteiger partial charge in [0, 0.05) is 5.57 Å². The molecular formula is C26H51IO2Si. The van der Waals surface area contributed by atoms with E-state index in [0.717, 1.165) is 6.42 Å². The Morgan fingerprint density at radius 1 is 0.667 bits per heavy atom. The zero-order valence-corrected chi connectivity index (χ0v) is 23.7. The number of hydrogen-bond acceptors (Lipinski definition) is 2. The van der Waals surface area contributed by atoms with Crippen molar-refractivity contribution in [3.05, 3.63) is 12.2 Å². The predicted octanol–water partition coefficient (Wildman–Crippen LogP) is 9.77. The number of rotatable bonds is 22. The van der Waals surface area contributed by atoms with Crippen LogP contribution in [0.2, 0.25) is 19.1 Å². The monoisotopic (exact) mass is 550 g/mol. The number of hydrogen-bond donors (Lipinski definition) is 0. The maximum atomic E-state index is 11.2. The van der Waals surface area contributed by atoms with E-state index in [4.69, 9.17) is 4.74 Å². The first-order valence-electron chi connectivity index (χ1n) is 12.8. The summed E-state index contributed by atoms with van der Waals surface area (Å²) < 4.78 is 5.11. The van der Waals surface area contributed by atoms with Gasteiger partial charge in [-0.2, -0.15) is 0 Å². The van der Waals surface area contributed by atoms with Crippen molar-refractivity contribution in [3.8, 4) is 0 Å². The van der Waals surface area contributed by atoms with Gasteiger partial charge in [0.2, 0.25) is 0 Å². The van der Waals surface area contributed by atoms with Gasteiger partial charge in [-0.1, -0.05) is 129 Å². The number of esters is 1. The normalized spacial score (nSPS) is 11.6.